The SMILES string of the molecule is O=S(=O)(c1cccnc1)N1C[C@@H](COc2cnccn2)[C@@H]2COc3ccc(F)cc3[C@@H]21. The quantitative estimate of drug-likeness (QED) is 0.599. The van der Waals surface area contributed by atoms with Crippen LogP contribution in [0.5, 0.6) is 11.6 Å². The van der Waals surface area contributed by atoms with E-state index in [1.807, 2.05) is 0 Å². The molecule has 4 heterocycles. The van der Waals surface area contributed by atoms with Crippen LogP contribution in [0.1, 0.15) is 11.6 Å². The molecule has 0 unspecified atom stereocenters. The summed E-state index contributed by atoms with van der Waals surface area (Å²) in [7, 11) is -3.87. The van der Waals surface area contributed by atoms with Crippen LogP contribution in [0.15, 0.2) is 66.2 Å². The third kappa shape index (κ3) is 3.61. The molecule has 0 amide bonds. The number of aromatic nitrogens is 3. The maximum Gasteiger partial charge on any atom is 0.245 e. The Morgan fingerprint density at radius 1 is 1.16 bits per heavy atom. The minimum Gasteiger partial charge on any atom is -0.493 e. The standard InChI is InChI=1S/C21H19FN4O4S/c22-15-3-4-19-17(8-15)21-18(13-29-19)14(12-30-20-10-24-6-7-25-20)11-26(21)31(27,28)16-2-1-5-23-9-16/h1-10,14,18,21H,11-13H2/t14-,18-,21-/m0/s1. The summed E-state index contributed by atoms with van der Waals surface area (Å²) in [5.41, 5.74) is 0.519. The molecule has 2 aromatic heterocycles. The van der Waals surface area contributed by atoms with Gasteiger partial charge in [0.25, 0.3) is 0 Å². The number of pyridine rings is 1. The fraction of sp³-hybridized carbons (Fsp3) is 0.286. The number of benzene rings is 1. The zero-order valence-electron chi connectivity index (χ0n) is 16.3. The van der Waals surface area contributed by atoms with Crippen LogP contribution in [0.2, 0.25) is 0 Å². The summed E-state index contributed by atoms with van der Waals surface area (Å²) >= 11 is 0. The molecule has 0 N–H and O–H groups in total. The van der Waals surface area contributed by atoms with Crippen LogP contribution < -0.4 is 9.47 Å². The Labute approximate surface area is 178 Å². The van der Waals surface area contributed by atoms with Crippen LogP contribution in [0, 0.1) is 17.7 Å². The molecule has 10 heteroatoms. The van der Waals surface area contributed by atoms with Gasteiger partial charge >= 0.3 is 0 Å². The van der Waals surface area contributed by atoms with Gasteiger partial charge in [-0.05, 0) is 30.3 Å². The third-order valence-corrected chi connectivity index (χ3v) is 7.51. The number of nitrogens with zero attached hydrogens (tertiary/aromatic N) is 4. The lowest BCUT2D eigenvalue weighted by atomic mass is 9.86. The van der Waals surface area contributed by atoms with Gasteiger partial charge in [-0.3, -0.25) is 9.97 Å². The molecule has 31 heavy (non-hydrogen) atoms. The average Bonchev–Trinajstić information content (AvgIpc) is 3.19. The van der Waals surface area contributed by atoms with Crippen molar-refractivity contribution in [3.8, 4) is 11.6 Å². The van der Waals surface area contributed by atoms with E-state index in [2.05, 4.69) is 15.0 Å². The highest BCUT2D eigenvalue weighted by Crippen LogP contribution is 2.49. The van der Waals surface area contributed by atoms with E-state index < -0.39 is 21.9 Å². The van der Waals surface area contributed by atoms with E-state index in [9.17, 15) is 12.8 Å². The van der Waals surface area contributed by atoms with E-state index in [1.165, 1.54) is 47.3 Å². The molecule has 0 aliphatic carbocycles. The maximum absolute atomic E-state index is 14.1. The number of halogens is 1. The lowest BCUT2D eigenvalue weighted by Gasteiger charge is -2.34. The fourth-order valence-corrected chi connectivity index (χ4v) is 5.92. The van der Waals surface area contributed by atoms with Gasteiger partial charge in [0.2, 0.25) is 15.9 Å². The van der Waals surface area contributed by atoms with E-state index in [0.717, 1.165) is 0 Å². The molecular formula is C21H19FN4O4S. The predicted octanol–water partition coefficient (Wildman–Crippen LogP) is 2.46. The predicted molar refractivity (Wildman–Crippen MR) is 107 cm³/mol. The third-order valence-electron chi connectivity index (χ3n) is 5.68. The Hall–Kier alpha value is -3.11. The molecule has 2 aliphatic heterocycles. The first-order chi connectivity index (χ1) is 15.0. The lowest BCUT2D eigenvalue weighted by molar-refractivity contribution is 0.134. The van der Waals surface area contributed by atoms with E-state index in [4.69, 9.17) is 9.47 Å². The molecule has 3 atom stereocenters. The van der Waals surface area contributed by atoms with Crippen LogP contribution in [0.25, 0.3) is 0 Å². The zero-order chi connectivity index (χ0) is 21.4. The summed E-state index contributed by atoms with van der Waals surface area (Å²) in [6.07, 6.45) is 7.40. The largest absolute Gasteiger partial charge is 0.493 e. The summed E-state index contributed by atoms with van der Waals surface area (Å²) in [4.78, 5) is 12.1. The van der Waals surface area contributed by atoms with Crippen molar-refractivity contribution in [1.82, 2.24) is 19.3 Å². The van der Waals surface area contributed by atoms with Gasteiger partial charge in [-0.1, -0.05) is 0 Å². The van der Waals surface area contributed by atoms with E-state index in [0.29, 0.717) is 23.8 Å². The van der Waals surface area contributed by atoms with Gasteiger partial charge in [-0.2, -0.15) is 4.31 Å². The second-order valence-electron chi connectivity index (χ2n) is 7.48. The first-order valence-electron chi connectivity index (χ1n) is 9.77. The van der Waals surface area contributed by atoms with Gasteiger partial charge in [0.05, 0.1) is 25.5 Å². The Kier molecular flexibility index (Phi) is 5.03. The van der Waals surface area contributed by atoms with Gasteiger partial charge < -0.3 is 9.47 Å². The van der Waals surface area contributed by atoms with Gasteiger partial charge in [-0.25, -0.2) is 17.8 Å². The summed E-state index contributed by atoms with van der Waals surface area (Å²) in [5, 5.41) is 0. The first kappa shape index (κ1) is 19.8. The topological polar surface area (TPSA) is 94.5 Å². The average molecular weight is 442 g/mol. The zero-order valence-corrected chi connectivity index (χ0v) is 17.2. The molecule has 5 rings (SSSR count). The smallest absolute Gasteiger partial charge is 0.245 e. The number of sulfonamides is 1. The fourth-order valence-electron chi connectivity index (χ4n) is 4.24. The normalized spacial score (nSPS) is 22.9. The molecule has 1 fully saturated rings. The summed E-state index contributed by atoms with van der Waals surface area (Å²) in [6, 6.07) is 6.71. The molecular weight excluding hydrogens is 423 g/mol. The van der Waals surface area contributed by atoms with Crippen molar-refractivity contribution >= 4 is 10.0 Å². The number of hydrogen-bond acceptors (Lipinski definition) is 7. The summed E-state index contributed by atoms with van der Waals surface area (Å²) in [6.45, 7) is 0.732. The molecule has 3 aromatic rings. The Morgan fingerprint density at radius 2 is 2.03 bits per heavy atom. The highest BCUT2D eigenvalue weighted by molar-refractivity contribution is 7.89. The number of rotatable bonds is 5. The summed E-state index contributed by atoms with van der Waals surface area (Å²) in [5.74, 6) is 0.00796. The van der Waals surface area contributed by atoms with Crippen LogP contribution in [-0.4, -0.2) is 47.4 Å². The van der Waals surface area contributed by atoms with Crippen LogP contribution in [0.4, 0.5) is 4.39 Å². The van der Waals surface area contributed by atoms with Crippen LogP contribution >= 0.6 is 0 Å². The van der Waals surface area contributed by atoms with Crippen LogP contribution in [0.3, 0.4) is 0 Å². The van der Waals surface area contributed by atoms with Gasteiger partial charge in [0, 0.05) is 48.7 Å². The highest BCUT2D eigenvalue weighted by Gasteiger charge is 2.51. The van der Waals surface area contributed by atoms with Crippen molar-refractivity contribution in [2.75, 3.05) is 19.8 Å². The molecule has 0 saturated carbocycles. The second kappa shape index (κ2) is 7.86. The molecule has 0 bridgehead atoms. The van der Waals surface area contributed by atoms with Crippen molar-refractivity contribution in [2.24, 2.45) is 11.8 Å². The molecule has 2 aliphatic rings. The Bertz CT molecular complexity index is 1180. The Morgan fingerprint density at radius 3 is 2.81 bits per heavy atom. The monoisotopic (exact) mass is 442 g/mol. The van der Waals surface area contributed by atoms with Crippen molar-refractivity contribution < 1.29 is 22.3 Å². The number of fused-ring (bicyclic) bond motifs is 3. The first-order valence-corrected chi connectivity index (χ1v) is 11.2. The van der Waals surface area contributed by atoms with Gasteiger partial charge in [-0.15, -0.1) is 0 Å². The molecule has 1 aromatic carbocycles. The minimum atomic E-state index is -3.87. The Balaban J connectivity index is 1.52. The maximum atomic E-state index is 14.1. The van der Waals surface area contributed by atoms with Crippen LogP contribution in [-0.2, 0) is 10.0 Å². The van der Waals surface area contributed by atoms with E-state index >= 15 is 0 Å². The number of hydrogen-bond donors (Lipinski definition) is 0. The van der Waals surface area contributed by atoms with Crippen molar-refractivity contribution in [1.29, 1.82) is 0 Å². The van der Waals surface area contributed by atoms with Gasteiger partial charge in [0.15, 0.2) is 0 Å². The molecule has 160 valence electrons. The second-order valence-corrected chi connectivity index (χ2v) is 9.37. The molecule has 0 radical (unpaired) electrons. The van der Waals surface area contributed by atoms with Crippen molar-refractivity contribution in [2.45, 2.75) is 10.9 Å². The molecule has 0 spiro atoms. The highest BCUT2D eigenvalue weighted by atomic mass is 32.2. The van der Waals surface area contributed by atoms with Gasteiger partial charge in [0.1, 0.15) is 16.5 Å². The van der Waals surface area contributed by atoms with E-state index in [-0.39, 0.29) is 29.9 Å². The van der Waals surface area contributed by atoms with Crippen molar-refractivity contribution in [3.63, 3.8) is 0 Å². The molecule has 8 nitrogen and oxygen atoms in total. The number of ether oxygens (including phenoxy) is 2. The van der Waals surface area contributed by atoms with E-state index in [1.54, 1.807) is 18.3 Å². The minimum absolute atomic E-state index is 0.0914. The lowest BCUT2D eigenvalue weighted by Crippen LogP contribution is -2.35. The van der Waals surface area contributed by atoms with Crippen molar-refractivity contribution in [3.05, 3.63) is 72.7 Å². The molecule has 1 saturated heterocycles. The summed E-state index contributed by atoms with van der Waals surface area (Å²) < 4.78 is 54.1.